The third-order valence-electron chi connectivity index (χ3n) is 2.48. The van der Waals surface area contributed by atoms with E-state index in [0.717, 1.165) is 10.4 Å². The number of nitrogens with zero attached hydrogens (tertiary/aromatic N) is 1. The molecular weight excluding hydrogens is 244 g/mol. The molecule has 0 saturated heterocycles. The average Bonchev–Trinajstić information content (AvgIpc) is 2.76. The Labute approximate surface area is 110 Å². The van der Waals surface area contributed by atoms with Crippen LogP contribution in [0.25, 0.3) is 0 Å². The van der Waals surface area contributed by atoms with E-state index in [-0.39, 0.29) is 5.91 Å². The molecule has 2 aromatic rings. The lowest BCUT2D eigenvalue weighted by Crippen LogP contribution is -2.19. The molecule has 0 saturated carbocycles. The number of nitrogens with one attached hydrogen (secondary N) is 1. The first-order chi connectivity index (χ1) is 8.75. The third-order valence-corrected chi connectivity index (χ3v) is 3.43. The second-order valence-corrected chi connectivity index (χ2v) is 4.87. The third kappa shape index (κ3) is 3.53. The molecule has 0 atom stereocenters. The molecule has 0 radical (unpaired) electrons. The van der Waals surface area contributed by atoms with Crippen molar-refractivity contribution in [3.63, 3.8) is 0 Å². The van der Waals surface area contributed by atoms with Crippen molar-refractivity contribution in [3.8, 4) is 0 Å². The van der Waals surface area contributed by atoms with Gasteiger partial charge >= 0.3 is 0 Å². The Morgan fingerprint density at radius 2 is 2.11 bits per heavy atom. The van der Waals surface area contributed by atoms with Gasteiger partial charge in [0.05, 0.1) is 12.6 Å². The second kappa shape index (κ2) is 6.12. The quantitative estimate of drug-likeness (QED) is 0.665. The minimum absolute atomic E-state index is 0.105. The Morgan fingerprint density at radius 1 is 1.33 bits per heavy atom. The highest BCUT2D eigenvalue weighted by Crippen LogP contribution is 2.12. The largest absolute Gasteiger partial charge is 0.273 e. The normalized spacial score (nSPS) is 10.7. The van der Waals surface area contributed by atoms with Crippen LogP contribution in [0.2, 0.25) is 0 Å². The first-order valence-corrected chi connectivity index (χ1v) is 6.53. The van der Waals surface area contributed by atoms with Crippen molar-refractivity contribution in [2.24, 2.45) is 5.10 Å². The lowest BCUT2D eigenvalue weighted by atomic mass is 10.1. The summed E-state index contributed by atoms with van der Waals surface area (Å²) < 4.78 is 0. The van der Waals surface area contributed by atoms with Crippen molar-refractivity contribution in [3.05, 3.63) is 57.8 Å². The number of hydrogen-bond donors (Lipinski definition) is 1. The fourth-order valence-electron chi connectivity index (χ4n) is 1.50. The summed E-state index contributed by atoms with van der Waals surface area (Å²) >= 11 is 1.60. The molecule has 0 aliphatic heterocycles. The molecular formula is C14H14N2OS. The van der Waals surface area contributed by atoms with E-state index in [9.17, 15) is 4.79 Å². The van der Waals surface area contributed by atoms with Crippen molar-refractivity contribution in [2.75, 3.05) is 0 Å². The van der Waals surface area contributed by atoms with Gasteiger partial charge in [-0.05, 0) is 29.5 Å². The van der Waals surface area contributed by atoms with Crippen molar-refractivity contribution in [1.29, 1.82) is 0 Å². The number of rotatable bonds is 4. The highest BCUT2D eigenvalue weighted by molar-refractivity contribution is 7.11. The molecule has 0 aliphatic rings. The van der Waals surface area contributed by atoms with Gasteiger partial charge in [0, 0.05) is 4.88 Å². The number of benzene rings is 1. The van der Waals surface area contributed by atoms with Crippen LogP contribution in [-0.4, -0.2) is 12.1 Å². The molecule has 0 fully saturated rings. The van der Waals surface area contributed by atoms with Gasteiger partial charge in [0.1, 0.15) is 0 Å². The van der Waals surface area contributed by atoms with Crippen molar-refractivity contribution >= 4 is 23.5 Å². The fraction of sp³-hybridized carbons (Fsp3) is 0.143. The molecule has 3 nitrogen and oxygen atoms in total. The van der Waals surface area contributed by atoms with E-state index in [2.05, 4.69) is 10.5 Å². The van der Waals surface area contributed by atoms with Crippen LogP contribution in [-0.2, 0) is 11.2 Å². The number of carbonyl (C=O) groups is 1. The molecule has 0 unspecified atom stereocenters. The molecule has 0 spiro atoms. The fourth-order valence-corrected chi connectivity index (χ4v) is 2.29. The number of carbonyl (C=O) groups excluding carboxylic acids is 1. The Morgan fingerprint density at radius 3 is 2.78 bits per heavy atom. The van der Waals surface area contributed by atoms with Crippen LogP contribution in [0.15, 0.2) is 46.9 Å². The van der Waals surface area contributed by atoms with Crippen molar-refractivity contribution in [2.45, 2.75) is 13.3 Å². The van der Waals surface area contributed by atoms with E-state index in [1.54, 1.807) is 17.6 Å². The SMILES string of the molecule is Cc1ccsc1C=NNC(=O)Cc1ccccc1. The summed E-state index contributed by atoms with van der Waals surface area (Å²) in [5.41, 5.74) is 4.69. The topological polar surface area (TPSA) is 41.5 Å². The van der Waals surface area contributed by atoms with E-state index in [1.165, 1.54) is 5.56 Å². The van der Waals surface area contributed by atoms with Crippen LogP contribution in [0.3, 0.4) is 0 Å². The van der Waals surface area contributed by atoms with E-state index < -0.39 is 0 Å². The summed E-state index contributed by atoms with van der Waals surface area (Å²) in [5.74, 6) is -0.105. The number of aryl methyl sites for hydroxylation is 1. The number of amides is 1. The summed E-state index contributed by atoms with van der Waals surface area (Å²) in [4.78, 5) is 12.7. The highest BCUT2D eigenvalue weighted by atomic mass is 32.1. The molecule has 1 amide bonds. The van der Waals surface area contributed by atoms with Crippen LogP contribution in [0.4, 0.5) is 0 Å². The molecule has 0 aliphatic carbocycles. The number of hydrogen-bond acceptors (Lipinski definition) is 3. The van der Waals surface area contributed by atoms with Crippen LogP contribution in [0, 0.1) is 6.92 Å². The van der Waals surface area contributed by atoms with Gasteiger partial charge in [-0.2, -0.15) is 5.10 Å². The molecule has 1 heterocycles. The van der Waals surface area contributed by atoms with E-state index in [0.29, 0.717) is 6.42 Å². The van der Waals surface area contributed by atoms with E-state index in [4.69, 9.17) is 0 Å². The Hall–Kier alpha value is -1.94. The van der Waals surface area contributed by atoms with Gasteiger partial charge < -0.3 is 0 Å². The highest BCUT2D eigenvalue weighted by Gasteiger charge is 2.01. The maximum absolute atomic E-state index is 11.6. The van der Waals surface area contributed by atoms with Crippen LogP contribution >= 0.6 is 11.3 Å². The summed E-state index contributed by atoms with van der Waals surface area (Å²) in [6, 6.07) is 11.6. The minimum atomic E-state index is -0.105. The Kier molecular flexibility index (Phi) is 4.25. The van der Waals surface area contributed by atoms with Gasteiger partial charge in [-0.25, -0.2) is 5.43 Å². The van der Waals surface area contributed by atoms with Gasteiger partial charge in [0.15, 0.2) is 0 Å². The van der Waals surface area contributed by atoms with Crippen LogP contribution in [0.5, 0.6) is 0 Å². The maximum Gasteiger partial charge on any atom is 0.244 e. The van der Waals surface area contributed by atoms with Crippen molar-refractivity contribution in [1.82, 2.24) is 5.43 Å². The zero-order chi connectivity index (χ0) is 12.8. The van der Waals surface area contributed by atoms with E-state index >= 15 is 0 Å². The maximum atomic E-state index is 11.6. The predicted molar refractivity (Wildman–Crippen MR) is 74.9 cm³/mol. The number of hydrazone groups is 1. The molecule has 18 heavy (non-hydrogen) atoms. The predicted octanol–water partition coefficient (Wildman–Crippen LogP) is 2.75. The summed E-state index contributed by atoms with van der Waals surface area (Å²) in [5, 5.41) is 5.96. The zero-order valence-corrected chi connectivity index (χ0v) is 10.9. The first kappa shape index (κ1) is 12.5. The number of thiophene rings is 1. The van der Waals surface area contributed by atoms with Gasteiger partial charge in [-0.1, -0.05) is 30.3 Å². The average molecular weight is 258 g/mol. The van der Waals surface area contributed by atoms with Crippen LogP contribution < -0.4 is 5.43 Å². The summed E-state index contributed by atoms with van der Waals surface area (Å²) in [6.07, 6.45) is 2.03. The van der Waals surface area contributed by atoms with Gasteiger partial charge in [-0.3, -0.25) is 4.79 Å². The molecule has 1 aromatic carbocycles. The van der Waals surface area contributed by atoms with Gasteiger partial charge in [0.2, 0.25) is 5.91 Å². The molecule has 2 rings (SSSR count). The monoisotopic (exact) mass is 258 g/mol. The minimum Gasteiger partial charge on any atom is -0.273 e. The lowest BCUT2D eigenvalue weighted by Gasteiger charge is -1.99. The lowest BCUT2D eigenvalue weighted by molar-refractivity contribution is -0.120. The summed E-state index contributed by atoms with van der Waals surface area (Å²) in [6.45, 7) is 2.02. The smallest absolute Gasteiger partial charge is 0.244 e. The van der Waals surface area contributed by atoms with Gasteiger partial charge in [0.25, 0.3) is 0 Å². The standard InChI is InChI=1S/C14H14N2OS/c1-11-7-8-18-13(11)10-15-16-14(17)9-12-5-3-2-4-6-12/h2-8,10H,9H2,1H3,(H,16,17). The summed E-state index contributed by atoms with van der Waals surface area (Å²) in [7, 11) is 0. The first-order valence-electron chi connectivity index (χ1n) is 5.65. The molecule has 92 valence electrons. The zero-order valence-electron chi connectivity index (χ0n) is 10.1. The Bertz CT molecular complexity index is 546. The van der Waals surface area contributed by atoms with Crippen molar-refractivity contribution < 1.29 is 4.79 Å². The van der Waals surface area contributed by atoms with Crippen LogP contribution in [0.1, 0.15) is 16.0 Å². The Balaban J connectivity index is 1.86. The van der Waals surface area contributed by atoms with Gasteiger partial charge in [-0.15, -0.1) is 11.3 Å². The molecule has 4 heteroatoms. The molecule has 1 aromatic heterocycles. The molecule has 0 bridgehead atoms. The van der Waals surface area contributed by atoms with E-state index in [1.807, 2.05) is 48.7 Å². The second-order valence-electron chi connectivity index (χ2n) is 3.92. The molecule has 1 N–H and O–H groups in total.